The number of hydrogen-bond donors (Lipinski definition) is 0. The first kappa shape index (κ1) is 91.6. The van der Waals surface area contributed by atoms with Gasteiger partial charge in [0, 0.05) is 68.2 Å². The highest BCUT2D eigenvalue weighted by molar-refractivity contribution is 5.96. The third-order valence-corrected chi connectivity index (χ3v) is 30.7. The Morgan fingerprint density at radius 3 is 0.545 bits per heavy atom. The minimum absolute atomic E-state index is 0.0111. The molecule has 0 fully saturated rings. The molecule has 0 amide bonds. The number of nitrogens with zero attached hydrogens (tertiary/aromatic N) is 4. The first-order valence-corrected chi connectivity index (χ1v) is 50.7. The van der Waals surface area contributed by atoms with E-state index >= 15 is 0 Å². The summed E-state index contributed by atoms with van der Waals surface area (Å²) < 4.78 is 0. The molecule has 0 heterocycles. The summed E-state index contributed by atoms with van der Waals surface area (Å²) in [5, 5.41) is 0. The fourth-order valence-corrected chi connectivity index (χ4v) is 23.3. The topological polar surface area (TPSA) is 13.0 Å². The Labute approximate surface area is 855 Å². The summed E-state index contributed by atoms with van der Waals surface area (Å²) in [6.07, 6.45) is 5.82. The van der Waals surface area contributed by atoms with Gasteiger partial charge in [0.15, 0.2) is 0 Å². The number of benzene rings is 20. The van der Waals surface area contributed by atoms with E-state index in [9.17, 15) is 0 Å². The predicted octanol–water partition coefficient (Wildman–Crippen LogP) is 37.8. The minimum atomic E-state index is -0.835. The van der Waals surface area contributed by atoms with Crippen LogP contribution in [0, 0.1) is 0 Å². The molecule has 20 aromatic carbocycles. The molecule has 3 aliphatic rings. The van der Waals surface area contributed by atoms with Crippen molar-refractivity contribution in [3.05, 3.63) is 605 Å². The number of rotatable bonds is 23. The molecule has 700 valence electrons. The van der Waals surface area contributed by atoms with E-state index in [1.54, 1.807) is 0 Å². The van der Waals surface area contributed by atoms with Gasteiger partial charge in [-0.15, -0.1) is 0 Å². The molecule has 4 nitrogen and oxygen atoms in total. The molecule has 3 aliphatic carbocycles. The molecule has 2 atom stereocenters. The Morgan fingerprint density at radius 1 is 0.166 bits per heavy atom. The molecule has 0 radical (unpaired) electrons. The molecule has 0 bridgehead atoms. The van der Waals surface area contributed by atoms with Crippen LogP contribution in [-0.4, -0.2) is 0 Å². The molecule has 0 saturated heterocycles. The smallest absolute Gasteiger partial charge is 0.0715 e. The molecule has 0 N–H and O–H groups in total. The summed E-state index contributed by atoms with van der Waals surface area (Å²) in [7, 11) is 0. The van der Waals surface area contributed by atoms with E-state index in [4.69, 9.17) is 0 Å². The van der Waals surface area contributed by atoms with Gasteiger partial charge in [-0.05, 0) is 318 Å². The van der Waals surface area contributed by atoms with Crippen molar-refractivity contribution in [2.75, 3.05) is 19.6 Å². The summed E-state index contributed by atoms with van der Waals surface area (Å²) in [4.78, 5) is 9.69. The summed E-state index contributed by atoms with van der Waals surface area (Å²) in [5.41, 5.74) is 44.0. The van der Waals surface area contributed by atoms with Crippen molar-refractivity contribution < 1.29 is 0 Å². The van der Waals surface area contributed by atoms with Crippen LogP contribution in [0.1, 0.15) is 162 Å². The molecule has 0 saturated carbocycles. The van der Waals surface area contributed by atoms with Crippen LogP contribution in [0.15, 0.2) is 505 Å². The van der Waals surface area contributed by atoms with E-state index in [0.29, 0.717) is 0 Å². The van der Waals surface area contributed by atoms with E-state index in [0.717, 1.165) is 113 Å². The van der Waals surface area contributed by atoms with Gasteiger partial charge in [-0.25, -0.2) is 0 Å². The summed E-state index contributed by atoms with van der Waals surface area (Å²) in [6, 6.07) is 182. The highest BCUT2D eigenvalue weighted by Crippen LogP contribution is 2.63. The Balaban J connectivity index is 0.595. The first-order chi connectivity index (χ1) is 70.6. The lowest BCUT2D eigenvalue weighted by atomic mass is 9.67. The molecule has 0 aromatic heterocycles. The number of fused-ring (bicyclic) bond motifs is 9. The van der Waals surface area contributed by atoms with E-state index in [2.05, 4.69) is 587 Å². The van der Waals surface area contributed by atoms with Crippen molar-refractivity contribution in [2.24, 2.45) is 0 Å². The van der Waals surface area contributed by atoms with Crippen LogP contribution in [0.2, 0.25) is 0 Å². The van der Waals surface area contributed by atoms with E-state index in [1.165, 1.54) is 111 Å². The second kappa shape index (κ2) is 36.7. The molecule has 145 heavy (non-hydrogen) atoms. The van der Waals surface area contributed by atoms with Gasteiger partial charge in [-0.3, -0.25) is 0 Å². The van der Waals surface area contributed by atoms with Crippen LogP contribution in [0.25, 0.3) is 73.9 Å². The lowest BCUT2D eigenvalue weighted by Gasteiger charge is -2.36. The second-order valence-electron chi connectivity index (χ2n) is 42.1. The van der Waals surface area contributed by atoms with E-state index < -0.39 is 16.2 Å². The number of anilines is 12. The lowest BCUT2D eigenvalue weighted by molar-refractivity contribution is 0.589. The molecule has 0 spiro atoms. The van der Waals surface area contributed by atoms with Crippen LogP contribution in [0.3, 0.4) is 0 Å². The lowest BCUT2D eigenvalue weighted by Crippen LogP contribution is -2.29. The molecule has 4 heteroatoms. The summed E-state index contributed by atoms with van der Waals surface area (Å²) >= 11 is 0. The molecule has 0 aliphatic heterocycles. The average Bonchev–Trinajstić information content (AvgIpc) is 1.54. The predicted molar refractivity (Wildman–Crippen MR) is 614 cm³/mol. The normalized spacial score (nSPS) is 15.2. The third-order valence-electron chi connectivity index (χ3n) is 30.7. The van der Waals surface area contributed by atoms with Crippen molar-refractivity contribution >= 4 is 86.5 Å². The molecule has 23 rings (SSSR count). The van der Waals surface area contributed by atoms with Crippen LogP contribution in [-0.2, 0) is 32.5 Å². The van der Waals surface area contributed by atoms with Crippen molar-refractivity contribution in [2.45, 2.75) is 94.8 Å². The largest absolute Gasteiger partial charge is 0.310 e. The van der Waals surface area contributed by atoms with Crippen LogP contribution in [0.5, 0.6) is 0 Å². The van der Waals surface area contributed by atoms with Crippen molar-refractivity contribution in [1.29, 1.82) is 0 Å². The molecule has 20 aromatic rings. The summed E-state index contributed by atoms with van der Waals surface area (Å²) in [6.45, 7) is 33.3. The van der Waals surface area contributed by atoms with Gasteiger partial charge in [0.25, 0.3) is 0 Å². The van der Waals surface area contributed by atoms with E-state index in [-0.39, 0.29) is 16.2 Å². The maximum absolute atomic E-state index is 4.29. The fourth-order valence-electron chi connectivity index (χ4n) is 23.3. The van der Waals surface area contributed by atoms with Crippen molar-refractivity contribution in [3.63, 3.8) is 0 Å². The standard InChI is InChI=1S/C141H116N4/c1-13-96-44-58-106(59-45-96)139(109-70-64-103(65-71-109)136(4,5)6)130-42-30-28-40-124(130)126-88-84-120(92-132(126)139)142(112-32-20-16-21-33-112)116-76-50-99(51-77-116)101-54-80-118(81-55-101)144(114-36-24-18-25-37-114)122-86-90-128-129-91-87-123(95-135(129)141(134(128)94-122,108-62-48-98(15-3)49-63-108)111-74-68-105(69-75-111)138(10,11)12)145(115-38-26-19-27-39-115)119-82-56-102(57-83-119)100-52-78-117(79-53-100)143(113-34-22-17-23-35-113)121-85-89-127-125-41-29-31-43-131(125)140(133(127)93-121,107-60-46-97(14-2)47-61-107)110-72-66-104(67-73-110)137(7,8)9/h13-95H,1-3H2,4-12H3. The third kappa shape index (κ3) is 15.9. The van der Waals surface area contributed by atoms with Gasteiger partial charge in [0.05, 0.1) is 16.2 Å². The van der Waals surface area contributed by atoms with Gasteiger partial charge < -0.3 is 19.6 Å². The highest BCUT2D eigenvalue weighted by Gasteiger charge is 2.51. The quantitative estimate of drug-likeness (QED) is 0.0633. The van der Waals surface area contributed by atoms with Crippen molar-refractivity contribution in [3.8, 4) is 55.6 Å². The Kier molecular flexibility index (Phi) is 23.2. The zero-order valence-electron chi connectivity index (χ0n) is 83.8. The molecular formula is C141H116N4. The van der Waals surface area contributed by atoms with Gasteiger partial charge in [-0.1, -0.05) is 440 Å². The van der Waals surface area contributed by atoms with Crippen LogP contribution in [0.4, 0.5) is 68.2 Å². The van der Waals surface area contributed by atoms with Gasteiger partial charge in [0.1, 0.15) is 0 Å². The molecule has 2 unspecified atom stereocenters. The van der Waals surface area contributed by atoms with E-state index in [1.807, 2.05) is 18.2 Å². The highest BCUT2D eigenvalue weighted by atomic mass is 15.2. The number of hydrogen-bond acceptors (Lipinski definition) is 4. The Hall–Kier alpha value is -17.2. The van der Waals surface area contributed by atoms with Crippen molar-refractivity contribution in [1.82, 2.24) is 0 Å². The van der Waals surface area contributed by atoms with Crippen LogP contribution >= 0.6 is 0 Å². The summed E-state index contributed by atoms with van der Waals surface area (Å²) in [5.74, 6) is 0. The second-order valence-corrected chi connectivity index (χ2v) is 42.1. The fraction of sp³-hybridized carbons (Fsp3) is 0.106. The maximum atomic E-state index is 4.29. The van der Waals surface area contributed by atoms with Crippen LogP contribution < -0.4 is 19.6 Å². The monoisotopic (exact) mass is 1860 g/mol. The Bertz CT molecular complexity index is 7800. The zero-order valence-corrected chi connectivity index (χ0v) is 83.8. The minimum Gasteiger partial charge on any atom is -0.310 e. The Morgan fingerprint density at radius 2 is 0.338 bits per heavy atom. The van der Waals surface area contributed by atoms with Gasteiger partial charge in [0.2, 0.25) is 0 Å². The maximum Gasteiger partial charge on any atom is 0.0715 e. The molecular weight excluding hydrogens is 1750 g/mol. The van der Waals surface area contributed by atoms with Gasteiger partial charge in [-0.2, -0.15) is 0 Å². The van der Waals surface area contributed by atoms with Gasteiger partial charge >= 0.3 is 0 Å². The number of para-hydroxylation sites is 4. The SMILES string of the molecule is C=Cc1ccc(C2(c3ccc(C(C)(C)C)cc3)c3ccccc3-c3ccc(N(c4ccccc4)c4ccc(-c5ccc(N(c6ccccc6)c6ccc7c(c6)C(c6ccc(C=C)cc6)(c6ccc(C(C)(C)C)cc6)c6cc(N(c8ccccc8)c8ccc(-c9ccc(N(c%10ccccc%10)c%10ccc%11c(c%10)C(c%10ccc(C=C)cc%10)(c%10ccc(C(C)(C)C)cc%10)c%10ccccc%10-%11)cc9)cc8)ccc6-7)cc5)cc4)cc32)cc1. The average molecular weight is 1870 g/mol. The zero-order chi connectivity index (χ0) is 99.1. The first-order valence-electron chi connectivity index (χ1n) is 50.7.